The summed E-state index contributed by atoms with van der Waals surface area (Å²) in [5, 5.41) is 6.43. The van der Waals surface area contributed by atoms with E-state index in [-0.39, 0.29) is 16.7 Å². The summed E-state index contributed by atoms with van der Waals surface area (Å²) in [6, 6.07) is 0. The molecule has 0 saturated heterocycles. The zero-order valence-electron chi connectivity index (χ0n) is 9.51. The maximum Gasteiger partial charge on any atom is 0.226 e. The third-order valence-corrected chi connectivity index (χ3v) is 3.69. The minimum Gasteiger partial charge on any atom is -0.362 e. The maximum atomic E-state index is 11.9. The van der Waals surface area contributed by atoms with Crippen molar-refractivity contribution in [3.8, 4) is 0 Å². The van der Waals surface area contributed by atoms with E-state index >= 15 is 0 Å². The second kappa shape index (κ2) is 3.57. The number of carbonyl (C=O) groups excluding carboxylic acids is 1. The van der Waals surface area contributed by atoms with Gasteiger partial charge in [-0.2, -0.15) is 4.98 Å². The lowest BCUT2D eigenvalue weighted by Gasteiger charge is -2.41. The smallest absolute Gasteiger partial charge is 0.226 e. The van der Waals surface area contributed by atoms with E-state index in [1.165, 1.54) is 0 Å². The zero-order chi connectivity index (χ0) is 12.0. The van der Waals surface area contributed by atoms with Crippen molar-refractivity contribution in [2.75, 3.05) is 10.6 Å². The highest BCUT2D eigenvalue weighted by atomic mass is 35.5. The molecule has 3 rings (SSSR count). The van der Waals surface area contributed by atoms with Crippen molar-refractivity contribution in [1.82, 2.24) is 9.97 Å². The molecule has 1 aliphatic heterocycles. The summed E-state index contributed by atoms with van der Waals surface area (Å²) in [5.41, 5.74) is 1.22. The van der Waals surface area contributed by atoms with E-state index in [0.29, 0.717) is 23.6 Å². The minimum atomic E-state index is -0.126. The summed E-state index contributed by atoms with van der Waals surface area (Å²) in [6.45, 7) is 1.81. The van der Waals surface area contributed by atoms with Crippen LogP contribution in [0.5, 0.6) is 0 Å². The predicted molar refractivity (Wildman–Crippen MR) is 65.2 cm³/mol. The molecule has 0 unspecified atom stereocenters. The number of fused-ring (bicyclic) bond motifs is 1. The highest BCUT2D eigenvalue weighted by molar-refractivity contribution is 6.28. The van der Waals surface area contributed by atoms with Crippen LogP contribution < -0.4 is 10.6 Å². The molecular weight excluding hydrogens is 240 g/mol. The molecule has 1 saturated carbocycles. The number of nitrogens with zero attached hydrogens (tertiary/aromatic N) is 2. The molecule has 0 bridgehead atoms. The number of nitrogens with one attached hydrogen (secondary N) is 2. The van der Waals surface area contributed by atoms with Crippen LogP contribution in [0.15, 0.2) is 0 Å². The van der Waals surface area contributed by atoms with Gasteiger partial charge >= 0.3 is 0 Å². The lowest BCUT2D eigenvalue weighted by molar-refractivity contribution is -0.117. The molecule has 2 heterocycles. The molecule has 1 aromatic rings. The van der Waals surface area contributed by atoms with Gasteiger partial charge in [-0.15, -0.1) is 0 Å². The van der Waals surface area contributed by atoms with Crippen LogP contribution in [0.1, 0.15) is 31.4 Å². The number of aryl methyl sites for hydroxylation is 1. The normalized spacial score (nSPS) is 20.9. The second-order valence-corrected chi connectivity index (χ2v) is 5.12. The van der Waals surface area contributed by atoms with E-state index in [0.717, 1.165) is 19.3 Å². The third-order valence-electron chi connectivity index (χ3n) is 3.52. The van der Waals surface area contributed by atoms with Crippen molar-refractivity contribution in [3.63, 3.8) is 0 Å². The fraction of sp³-hybridized carbons (Fsp3) is 0.545. The number of amides is 1. The Balaban J connectivity index is 2.08. The van der Waals surface area contributed by atoms with E-state index < -0.39 is 0 Å². The summed E-state index contributed by atoms with van der Waals surface area (Å²) < 4.78 is 0. The van der Waals surface area contributed by atoms with Gasteiger partial charge in [-0.1, -0.05) is 0 Å². The molecule has 2 aliphatic rings. The van der Waals surface area contributed by atoms with E-state index in [4.69, 9.17) is 11.6 Å². The largest absolute Gasteiger partial charge is 0.362 e. The van der Waals surface area contributed by atoms with Gasteiger partial charge in [0, 0.05) is 12.0 Å². The molecular formula is C11H13ClN4O. The van der Waals surface area contributed by atoms with Crippen LogP contribution in [0.2, 0.25) is 5.28 Å². The summed E-state index contributed by atoms with van der Waals surface area (Å²) in [7, 11) is 0. The van der Waals surface area contributed by atoms with Crippen molar-refractivity contribution in [2.24, 2.45) is 0 Å². The van der Waals surface area contributed by atoms with Gasteiger partial charge in [0.25, 0.3) is 0 Å². The van der Waals surface area contributed by atoms with Crippen LogP contribution in [0.4, 0.5) is 11.5 Å². The third kappa shape index (κ3) is 1.74. The Kier molecular flexibility index (Phi) is 2.26. The predicted octanol–water partition coefficient (Wildman–Crippen LogP) is 2.12. The van der Waals surface area contributed by atoms with Crippen molar-refractivity contribution in [1.29, 1.82) is 0 Å². The minimum absolute atomic E-state index is 0.0185. The van der Waals surface area contributed by atoms with E-state index in [1.54, 1.807) is 0 Å². The number of carbonyl (C=O) groups is 1. The standard InChI is InChI=1S/C11H13ClN4O/c1-6-8-9(15-10(12)13-6)16-11(3-2-4-11)5-7(17)14-8/h2-5H2,1H3,(H,14,17)(H,13,15,16). The van der Waals surface area contributed by atoms with Gasteiger partial charge in [0.05, 0.1) is 5.69 Å². The fourth-order valence-corrected chi connectivity index (χ4v) is 2.68. The SMILES string of the molecule is Cc1nc(Cl)nc2c1NC(=O)CC1(CCC1)N2. The van der Waals surface area contributed by atoms with Crippen LogP contribution in [0, 0.1) is 6.92 Å². The molecule has 1 fully saturated rings. The number of anilines is 2. The highest BCUT2D eigenvalue weighted by Crippen LogP contribution is 2.42. The summed E-state index contributed by atoms with van der Waals surface area (Å²) in [6.07, 6.45) is 3.63. The first-order valence-corrected chi connectivity index (χ1v) is 6.08. The highest BCUT2D eigenvalue weighted by Gasteiger charge is 2.41. The molecule has 1 aromatic heterocycles. The number of halogens is 1. The van der Waals surface area contributed by atoms with E-state index in [1.807, 2.05) is 6.92 Å². The Labute approximate surface area is 104 Å². The molecule has 2 N–H and O–H groups in total. The van der Waals surface area contributed by atoms with Gasteiger partial charge in [0.2, 0.25) is 11.2 Å². The summed E-state index contributed by atoms with van der Waals surface area (Å²) >= 11 is 5.85. The molecule has 1 aliphatic carbocycles. The molecule has 1 amide bonds. The summed E-state index contributed by atoms with van der Waals surface area (Å²) in [4.78, 5) is 20.1. The van der Waals surface area contributed by atoms with Gasteiger partial charge in [-0.05, 0) is 37.8 Å². The average Bonchev–Trinajstić information content (AvgIpc) is 2.34. The fourth-order valence-electron chi connectivity index (χ4n) is 2.47. The van der Waals surface area contributed by atoms with Gasteiger partial charge in [-0.3, -0.25) is 4.79 Å². The number of aromatic nitrogens is 2. The molecule has 0 aromatic carbocycles. The zero-order valence-corrected chi connectivity index (χ0v) is 10.3. The first-order valence-electron chi connectivity index (χ1n) is 5.70. The number of hydrogen-bond acceptors (Lipinski definition) is 4. The lowest BCUT2D eigenvalue weighted by atomic mass is 9.74. The Hall–Kier alpha value is -1.36. The van der Waals surface area contributed by atoms with Gasteiger partial charge in [0.15, 0.2) is 5.82 Å². The average molecular weight is 253 g/mol. The van der Waals surface area contributed by atoms with Gasteiger partial charge in [-0.25, -0.2) is 4.98 Å². The lowest BCUT2D eigenvalue weighted by Crippen LogP contribution is -2.46. The monoisotopic (exact) mass is 252 g/mol. The topological polar surface area (TPSA) is 66.9 Å². The first kappa shape index (κ1) is 10.8. The molecule has 1 spiro atoms. The van der Waals surface area contributed by atoms with Crippen molar-refractivity contribution < 1.29 is 4.79 Å². The Morgan fingerprint density at radius 2 is 2.12 bits per heavy atom. The molecule has 6 heteroatoms. The van der Waals surface area contributed by atoms with Crippen LogP contribution in [0.25, 0.3) is 0 Å². The molecule has 5 nitrogen and oxygen atoms in total. The van der Waals surface area contributed by atoms with Crippen LogP contribution in [-0.4, -0.2) is 21.4 Å². The van der Waals surface area contributed by atoms with E-state index in [2.05, 4.69) is 20.6 Å². The van der Waals surface area contributed by atoms with Crippen LogP contribution >= 0.6 is 11.6 Å². The van der Waals surface area contributed by atoms with Crippen molar-refractivity contribution >= 4 is 29.0 Å². The van der Waals surface area contributed by atoms with Gasteiger partial charge < -0.3 is 10.6 Å². The maximum absolute atomic E-state index is 11.9. The molecule has 17 heavy (non-hydrogen) atoms. The Morgan fingerprint density at radius 1 is 1.35 bits per heavy atom. The van der Waals surface area contributed by atoms with Crippen molar-refractivity contribution in [2.45, 2.75) is 38.1 Å². The van der Waals surface area contributed by atoms with E-state index in [9.17, 15) is 4.79 Å². The number of rotatable bonds is 0. The molecule has 90 valence electrons. The quantitative estimate of drug-likeness (QED) is 0.694. The Morgan fingerprint density at radius 3 is 2.76 bits per heavy atom. The van der Waals surface area contributed by atoms with Crippen LogP contribution in [0.3, 0.4) is 0 Å². The first-order chi connectivity index (χ1) is 8.08. The van der Waals surface area contributed by atoms with Crippen LogP contribution in [-0.2, 0) is 4.79 Å². The number of hydrogen-bond donors (Lipinski definition) is 2. The second-order valence-electron chi connectivity index (χ2n) is 4.79. The molecule has 0 atom stereocenters. The van der Waals surface area contributed by atoms with Gasteiger partial charge in [0.1, 0.15) is 5.69 Å². The molecule has 0 radical (unpaired) electrons. The summed E-state index contributed by atoms with van der Waals surface area (Å²) in [5.74, 6) is 0.665. The Bertz CT molecular complexity index is 498. The van der Waals surface area contributed by atoms with Crippen molar-refractivity contribution in [3.05, 3.63) is 11.0 Å².